The first-order chi connectivity index (χ1) is 9.29. The van der Waals surface area contributed by atoms with Gasteiger partial charge in [-0.3, -0.25) is 0 Å². The highest BCUT2D eigenvalue weighted by Crippen LogP contribution is 2.15. The van der Waals surface area contributed by atoms with E-state index in [-0.39, 0.29) is 0 Å². The molecule has 0 aliphatic carbocycles. The van der Waals surface area contributed by atoms with E-state index in [1.165, 1.54) is 16.5 Å². The molecule has 0 aliphatic rings. The third-order valence-corrected chi connectivity index (χ3v) is 3.22. The Labute approximate surface area is 114 Å². The van der Waals surface area contributed by atoms with Gasteiger partial charge in [0.15, 0.2) is 0 Å². The maximum atomic E-state index is 5.00. The highest BCUT2D eigenvalue weighted by Gasteiger charge is 2.02. The fourth-order valence-electron chi connectivity index (χ4n) is 2.16. The average Bonchev–Trinajstić information content (AvgIpc) is 2.86. The van der Waals surface area contributed by atoms with E-state index in [0.29, 0.717) is 0 Å². The van der Waals surface area contributed by atoms with Gasteiger partial charge >= 0.3 is 0 Å². The molecule has 4 heteroatoms. The first kappa shape index (κ1) is 14.1. The van der Waals surface area contributed by atoms with Crippen LogP contribution in [-0.4, -0.2) is 50.3 Å². The van der Waals surface area contributed by atoms with E-state index in [1.54, 1.807) is 7.11 Å². The average molecular weight is 261 g/mol. The molecule has 0 atom stereocenters. The van der Waals surface area contributed by atoms with Gasteiger partial charge in [0, 0.05) is 45.0 Å². The Hall–Kier alpha value is -1.36. The van der Waals surface area contributed by atoms with Crippen LogP contribution in [0.4, 0.5) is 0 Å². The van der Waals surface area contributed by atoms with Gasteiger partial charge in [0.2, 0.25) is 0 Å². The van der Waals surface area contributed by atoms with Crippen LogP contribution in [0.25, 0.3) is 10.9 Å². The van der Waals surface area contributed by atoms with Crippen molar-refractivity contribution < 1.29 is 4.74 Å². The Morgan fingerprint density at radius 2 is 2.16 bits per heavy atom. The SMILES string of the molecule is COCCNCCN(C)Cc1ccc2[nH]ccc2c1. The van der Waals surface area contributed by atoms with Gasteiger partial charge < -0.3 is 19.9 Å². The minimum absolute atomic E-state index is 0.772. The van der Waals surface area contributed by atoms with Crippen molar-refractivity contribution in [2.24, 2.45) is 0 Å². The molecule has 1 aromatic carbocycles. The van der Waals surface area contributed by atoms with E-state index in [0.717, 1.165) is 32.8 Å². The molecule has 0 fully saturated rings. The number of hydrogen-bond acceptors (Lipinski definition) is 3. The predicted molar refractivity (Wildman–Crippen MR) is 79.4 cm³/mol. The molecular formula is C15H23N3O. The molecular weight excluding hydrogens is 238 g/mol. The second-order valence-corrected chi connectivity index (χ2v) is 4.88. The molecule has 2 N–H and O–H groups in total. The van der Waals surface area contributed by atoms with Gasteiger partial charge in [0.1, 0.15) is 0 Å². The summed E-state index contributed by atoms with van der Waals surface area (Å²) in [4.78, 5) is 5.55. The number of likely N-dealkylation sites (N-methyl/N-ethyl adjacent to an activating group) is 1. The first-order valence-corrected chi connectivity index (χ1v) is 6.74. The fraction of sp³-hybridized carbons (Fsp3) is 0.467. The van der Waals surface area contributed by atoms with Crippen LogP contribution in [0.3, 0.4) is 0 Å². The molecule has 0 unspecified atom stereocenters. The number of nitrogens with zero attached hydrogens (tertiary/aromatic N) is 1. The van der Waals surface area contributed by atoms with Gasteiger partial charge in [-0.05, 0) is 36.2 Å². The molecule has 19 heavy (non-hydrogen) atoms. The summed E-state index contributed by atoms with van der Waals surface area (Å²) in [5.74, 6) is 0. The standard InChI is InChI=1S/C15H23N3O/c1-18(9-7-16-8-10-19-2)12-13-3-4-15-14(11-13)5-6-17-15/h3-6,11,16-17H,7-10,12H2,1-2H3. The van der Waals surface area contributed by atoms with E-state index in [4.69, 9.17) is 4.74 Å². The van der Waals surface area contributed by atoms with E-state index >= 15 is 0 Å². The van der Waals surface area contributed by atoms with Crippen molar-refractivity contribution in [1.82, 2.24) is 15.2 Å². The molecule has 0 amide bonds. The maximum absolute atomic E-state index is 5.00. The molecule has 0 saturated carbocycles. The van der Waals surface area contributed by atoms with Crippen LogP contribution in [-0.2, 0) is 11.3 Å². The smallest absolute Gasteiger partial charge is 0.0587 e. The van der Waals surface area contributed by atoms with Gasteiger partial charge in [-0.15, -0.1) is 0 Å². The number of benzene rings is 1. The lowest BCUT2D eigenvalue weighted by Gasteiger charge is -2.17. The number of aromatic amines is 1. The predicted octanol–water partition coefficient (Wildman–Crippen LogP) is 1.84. The third kappa shape index (κ3) is 4.35. The van der Waals surface area contributed by atoms with Crippen molar-refractivity contribution >= 4 is 10.9 Å². The number of aromatic nitrogens is 1. The Balaban J connectivity index is 1.76. The molecule has 0 bridgehead atoms. The topological polar surface area (TPSA) is 40.3 Å². The van der Waals surface area contributed by atoms with Crippen molar-refractivity contribution in [2.75, 3.05) is 40.4 Å². The van der Waals surface area contributed by atoms with Crippen molar-refractivity contribution in [2.45, 2.75) is 6.54 Å². The first-order valence-electron chi connectivity index (χ1n) is 6.74. The maximum Gasteiger partial charge on any atom is 0.0587 e. The second kappa shape index (κ2) is 7.28. The Bertz CT molecular complexity index is 495. The van der Waals surface area contributed by atoms with E-state index in [9.17, 15) is 0 Å². The Kier molecular flexibility index (Phi) is 5.39. The summed E-state index contributed by atoms with van der Waals surface area (Å²) in [7, 11) is 3.88. The van der Waals surface area contributed by atoms with Crippen molar-refractivity contribution in [3.63, 3.8) is 0 Å². The normalized spacial score (nSPS) is 11.5. The zero-order valence-corrected chi connectivity index (χ0v) is 11.8. The molecule has 4 nitrogen and oxygen atoms in total. The van der Waals surface area contributed by atoms with Crippen LogP contribution in [0.15, 0.2) is 30.5 Å². The Morgan fingerprint density at radius 3 is 3.00 bits per heavy atom. The summed E-state index contributed by atoms with van der Waals surface area (Å²) in [6.45, 7) is 4.70. The zero-order valence-electron chi connectivity index (χ0n) is 11.8. The molecule has 1 heterocycles. The fourth-order valence-corrected chi connectivity index (χ4v) is 2.16. The van der Waals surface area contributed by atoms with Gasteiger partial charge in [0.05, 0.1) is 6.61 Å². The van der Waals surface area contributed by atoms with Crippen molar-refractivity contribution in [3.8, 4) is 0 Å². The number of fused-ring (bicyclic) bond motifs is 1. The molecule has 0 radical (unpaired) electrons. The van der Waals surface area contributed by atoms with Gasteiger partial charge in [-0.2, -0.15) is 0 Å². The van der Waals surface area contributed by atoms with Gasteiger partial charge in [-0.1, -0.05) is 6.07 Å². The molecule has 0 aliphatic heterocycles. The van der Waals surface area contributed by atoms with Crippen LogP contribution in [0, 0.1) is 0 Å². The van der Waals surface area contributed by atoms with Crippen LogP contribution in [0.1, 0.15) is 5.56 Å². The van der Waals surface area contributed by atoms with Crippen molar-refractivity contribution in [3.05, 3.63) is 36.0 Å². The summed E-state index contributed by atoms with van der Waals surface area (Å²) >= 11 is 0. The lowest BCUT2D eigenvalue weighted by molar-refractivity contribution is 0.197. The number of nitrogens with one attached hydrogen (secondary N) is 2. The Morgan fingerprint density at radius 1 is 1.26 bits per heavy atom. The number of rotatable bonds is 8. The van der Waals surface area contributed by atoms with E-state index in [1.807, 2.05) is 6.20 Å². The highest BCUT2D eigenvalue weighted by molar-refractivity contribution is 5.79. The minimum Gasteiger partial charge on any atom is -0.383 e. The molecule has 0 saturated heterocycles. The third-order valence-electron chi connectivity index (χ3n) is 3.22. The quantitative estimate of drug-likeness (QED) is 0.712. The lowest BCUT2D eigenvalue weighted by atomic mass is 10.1. The minimum atomic E-state index is 0.772. The summed E-state index contributed by atoms with van der Waals surface area (Å²) in [6.07, 6.45) is 1.98. The van der Waals surface area contributed by atoms with Gasteiger partial charge in [0.25, 0.3) is 0 Å². The molecule has 1 aromatic heterocycles. The molecule has 104 valence electrons. The zero-order chi connectivity index (χ0) is 13.5. The summed E-state index contributed by atoms with van der Waals surface area (Å²) < 4.78 is 5.00. The van der Waals surface area contributed by atoms with Crippen LogP contribution >= 0.6 is 0 Å². The molecule has 0 spiro atoms. The monoisotopic (exact) mass is 261 g/mol. The molecule has 2 rings (SSSR count). The number of ether oxygens (including phenoxy) is 1. The second-order valence-electron chi connectivity index (χ2n) is 4.88. The van der Waals surface area contributed by atoms with E-state index < -0.39 is 0 Å². The molecule has 2 aromatic rings. The summed E-state index contributed by atoms with van der Waals surface area (Å²) in [5.41, 5.74) is 2.55. The largest absolute Gasteiger partial charge is 0.383 e. The number of hydrogen-bond donors (Lipinski definition) is 2. The highest BCUT2D eigenvalue weighted by atomic mass is 16.5. The number of H-pyrrole nitrogens is 1. The van der Waals surface area contributed by atoms with Crippen LogP contribution in [0.5, 0.6) is 0 Å². The summed E-state index contributed by atoms with van der Waals surface area (Å²) in [6, 6.07) is 8.70. The number of methoxy groups -OCH3 is 1. The summed E-state index contributed by atoms with van der Waals surface area (Å²) in [5, 5.41) is 4.64. The van der Waals surface area contributed by atoms with Crippen LogP contribution < -0.4 is 5.32 Å². The van der Waals surface area contributed by atoms with Crippen LogP contribution in [0.2, 0.25) is 0 Å². The van der Waals surface area contributed by atoms with Gasteiger partial charge in [-0.25, -0.2) is 0 Å². The lowest BCUT2D eigenvalue weighted by Crippen LogP contribution is -2.30. The van der Waals surface area contributed by atoms with E-state index in [2.05, 4.69) is 46.5 Å². The van der Waals surface area contributed by atoms with Crippen molar-refractivity contribution in [1.29, 1.82) is 0 Å².